The zero-order valence-corrected chi connectivity index (χ0v) is 16.0. The largest absolute Gasteiger partial charge is 0.469 e. The van der Waals surface area contributed by atoms with Gasteiger partial charge in [0.15, 0.2) is 0 Å². The molecule has 2 bridgehead atoms. The molecular weight excluding hydrogens is 316 g/mol. The van der Waals surface area contributed by atoms with Gasteiger partial charge in [-0.2, -0.15) is 0 Å². The average Bonchev–Trinajstić information content (AvgIpc) is 2.79. The van der Waals surface area contributed by atoms with Crippen molar-refractivity contribution in [3.8, 4) is 0 Å². The van der Waals surface area contributed by atoms with E-state index >= 15 is 0 Å². The second-order valence-corrected chi connectivity index (χ2v) is 10.2. The molecule has 4 fully saturated rings. The van der Waals surface area contributed by atoms with E-state index in [1.807, 2.05) is 0 Å². The van der Waals surface area contributed by atoms with Crippen LogP contribution >= 0.6 is 0 Å². The van der Waals surface area contributed by atoms with Crippen LogP contribution in [0, 0.1) is 33.5 Å². The van der Waals surface area contributed by atoms with Crippen LogP contribution in [0.15, 0.2) is 0 Å². The maximum Gasteiger partial charge on any atom is 0.311 e. The lowest BCUT2D eigenvalue weighted by Gasteiger charge is -2.64. The van der Waals surface area contributed by atoms with Gasteiger partial charge in [-0.15, -0.1) is 0 Å². The van der Waals surface area contributed by atoms with Crippen molar-refractivity contribution in [1.29, 1.82) is 0 Å². The van der Waals surface area contributed by atoms with Crippen molar-refractivity contribution in [1.82, 2.24) is 0 Å². The van der Waals surface area contributed by atoms with Crippen LogP contribution in [0.1, 0.15) is 71.6 Å². The number of rotatable bonds is 2. The minimum absolute atomic E-state index is 0.0358. The first-order valence-corrected chi connectivity index (χ1v) is 10.1. The molecule has 4 rings (SSSR count). The van der Waals surface area contributed by atoms with E-state index in [1.165, 1.54) is 13.5 Å². The van der Waals surface area contributed by atoms with Gasteiger partial charge in [0.25, 0.3) is 0 Å². The van der Waals surface area contributed by atoms with E-state index in [0.29, 0.717) is 11.8 Å². The maximum absolute atomic E-state index is 12.7. The zero-order valence-electron chi connectivity index (χ0n) is 16.0. The fourth-order valence-corrected chi connectivity index (χ4v) is 8.27. The van der Waals surface area contributed by atoms with Crippen LogP contribution in [0.2, 0.25) is 0 Å². The Morgan fingerprint density at radius 3 is 2.52 bits per heavy atom. The maximum atomic E-state index is 12.7. The van der Waals surface area contributed by atoms with Gasteiger partial charge in [-0.3, -0.25) is 4.79 Å². The van der Waals surface area contributed by atoms with E-state index < -0.39 is 0 Å². The number of esters is 1. The molecule has 0 saturated heterocycles. The second kappa shape index (κ2) is 5.45. The molecule has 4 aliphatic rings. The van der Waals surface area contributed by atoms with Crippen molar-refractivity contribution >= 4 is 5.97 Å². The summed E-state index contributed by atoms with van der Waals surface area (Å²) in [6, 6.07) is 0. The zero-order chi connectivity index (χ0) is 18.1. The second-order valence-electron chi connectivity index (χ2n) is 10.2. The van der Waals surface area contributed by atoms with Crippen LogP contribution < -0.4 is 0 Å². The summed E-state index contributed by atoms with van der Waals surface area (Å²) < 4.78 is 5.22. The number of carbonyl (C=O) groups excluding carboxylic acids is 1. The highest BCUT2D eigenvalue weighted by Crippen LogP contribution is 2.73. The van der Waals surface area contributed by atoms with Gasteiger partial charge in [0, 0.05) is 5.41 Å². The van der Waals surface area contributed by atoms with Crippen molar-refractivity contribution in [2.24, 2.45) is 33.5 Å². The number of methoxy groups -OCH3 is 1. The molecule has 4 nitrogen and oxygen atoms in total. The molecule has 4 saturated carbocycles. The molecule has 2 N–H and O–H groups in total. The molecular formula is C21H34O4. The lowest BCUT2D eigenvalue weighted by Crippen LogP contribution is -2.59. The van der Waals surface area contributed by atoms with Gasteiger partial charge < -0.3 is 14.9 Å². The van der Waals surface area contributed by atoms with Gasteiger partial charge in [-0.25, -0.2) is 0 Å². The number of aliphatic hydroxyl groups excluding tert-OH is 2. The summed E-state index contributed by atoms with van der Waals surface area (Å²) in [6.07, 6.45) is 8.79. The van der Waals surface area contributed by atoms with Crippen LogP contribution in [0.3, 0.4) is 0 Å². The summed E-state index contributed by atoms with van der Waals surface area (Å²) in [7, 11) is 1.52. The monoisotopic (exact) mass is 350 g/mol. The van der Waals surface area contributed by atoms with Gasteiger partial charge in [0.05, 0.1) is 25.2 Å². The number of fused-ring (bicyclic) bond motifs is 3. The summed E-state index contributed by atoms with van der Waals surface area (Å²) in [6.45, 7) is 4.66. The summed E-state index contributed by atoms with van der Waals surface area (Å²) in [4.78, 5) is 12.7. The van der Waals surface area contributed by atoms with E-state index in [9.17, 15) is 15.0 Å². The van der Waals surface area contributed by atoms with Gasteiger partial charge in [-0.05, 0) is 81.0 Å². The third-order valence-corrected chi connectivity index (χ3v) is 9.35. The summed E-state index contributed by atoms with van der Waals surface area (Å²) >= 11 is 0. The topological polar surface area (TPSA) is 66.8 Å². The average molecular weight is 350 g/mol. The Labute approximate surface area is 151 Å². The number of carbonyl (C=O) groups is 1. The molecule has 7 unspecified atom stereocenters. The Kier molecular flexibility index (Phi) is 3.88. The molecule has 25 heavy (non-hydrogen) atoms. The van der Waals surface area contributed by atoms with Crippen molar-refractivity contribution in [2.45, 2.75) is 77.7 Å². The standard InChI is InChI=1S/C21H34O4/c1-18-7-4-8-19(2,17(24)25-3)14(18)5-9-20-11-16(23)21(12-20,13-22)10-6-15(18)20/h14-16,22-23H,4-13H2,1-3H3. The Hall–Kier alpha value is -0.610. The Balaban J connectivity index is 1.71. The third kappa shape index (κ3) is 2.10. The first-order valence-electron chi connectivity index (χ1n) is 10.1. The number of hydrogen-bond donors (Lipinski definition) is 2. The van der Waals surface area contributed by atoms with E-state index in [-0.39, 0.29) is 40.3 Å². The molecule has 0 aromatic carbocycles. The molecule has 0 aromatic rings. The molecule has 7 atom stereocenters. The summed E-state index contributed by atoms with van der Waals surface area (Å²) in [5.74, 6) is 0.891. The van der Waals surface area contributed by atoms with E-state index in [1.54, 1.807) is 0 Å². The van der Waals surface area contributed by atoms with Crippen molar-refractivity contribution in [3.05, 3.63) is 0 Å². The molecule has 0 aliphatic heterocycles. The van der Waals surface area contributed by atoms with Crippen LogP contribution in [0.25, 0.3) is 0 Å². The lowest BCUT2D eigenvalue weighted by atomic mass is 9.40. The predicted octanol–water partition coefficient (Wildman–Crippen LogP) is 3.30. The highest BCUT2D eigenvalue weighted by atomic mass is 16.5. The SMILES string of the molecule is COC(=O)C1(C)CCCC2(C)C3CCC4(CO)CC3(CCC12)CC4O. The highest BCUT2D eigenvalue weighted by molar-refractivity contribution is 5.77. The Morgan fingerprint density at radius 1 is 1.12 bits per heavy atom. The van der Waals surface area contributed by atoms with E-state index in [2.05, 4.69) is 13.8 Å². The fourth-order valence-electron chi connectivity index (χ4n) is 8.27. The number of hydrogen-bond acceptors (Lipinski definition) is 4. The van der Waals surface area contributed by atoms with E-state index in [0.717, 1.165) is 51.4 Å². The third-order valence-electron chi connectivity index (χ3n) is 9.35. The number of ether oxygens (including phenoxy) is 1. The smallest absolute Gasteiger partial charge is 0.311 e. The summed E-state index contributed by atoms with van der Waals surface area (Å²) in [5.41, 5.74) is -0.322. The van der Waals surface area contributed by atoms with Gasteiger partial charge >= 0.3 is 5.97 Å². The summed E-state index contributed by atoms with van der Waals surface area (Å²) in [5, 5.41) is 20.7. The molecule has 1 spiro atoms. The molecule has 0 heterocycles. The van der Waals surface area contributed by atoms with Crippen LogP contribution in [-0.4, -0.2) is 36.0 Å². The molecule has 4 aliphatic carbocycles. The quantitative estimate of drug-likeness (QED) is 0.750. The Morgan fingerprint density at radius 2 is 1.84 bits per heavy atom. The predicted molar refractivity (Wildman–Crippen MR) is 94.7 cm³/mol. The van der Waals surface area contributed by atoms with Crippen LogP contribution in [-0.2, 0) is 9.53 Å². The van der Waals surface area contributed by atoms with Crippen molar-refractivity contribution in [3.63, 3.8) is 0 Å². The minimum Gasteiger partial charge on any atom is -0.469 e. The lowest BCUT2D eigenvalue weighted by molar-refractivity contribution is -0.186. The van der Waals surface area contributed by atoms with Crippen LogP contribution in [0.4, 0.5) is 0 Å². The molecule has 0 aromatic heterocycles. The first-order chi connectivity index (χ1) is 11.8. The Bertz CT molecular complexity index is 576. The first kappa shape index (κ1) is 17.8. The minimum atomic E-state index is -0.369. The molecule has 142 valence electrons. The van der Waals surface area contributed by atoms with Crippen molar-refractivity contribution in [2.75, 3.05) is 13.7 Å². The van der Waals surface area contributed by atoms with Crippen molar-refractivity contribution < 1.29 is 19.7 Å². The van der Waals surface area contributed by atoms with E-state index in [4.69, 9.17) is 4.74 Å². The fraction of sp³-hybridized carbons (Fsp3) is 0.952. The number of aliphatic hydroxyl groups is 2. The highest BCUT2D eigenvalue weighted by Gasteiger charge is 2.68. The van der Waals surface area contributed by atoms with Gasteiger partial charge in [-0.1, -0.05) is 13.3 Å². The normalized spacial score (nSPS) is 54.5. The molecule has 4 heteroatoms. The van der Waals surface area contributed by atoms with Crippen LogP contribution in [0.5, 0.6) is 0 Å². The van der Waals surface area contributed by atoms with Gasteiger partial charge in [0.1, 0.15) is 0 Å². The molecule has 0 amide bonds. The van der Waals surface area contributed by atoms with Gasteiger partial charge in [0.2, 0.25) is 0 Å². The molecule has 0 radical (unpaired) electrons.